The minimum atomic E-state index is -0.563. The summed E-state index contributed by atoms with van der Waals surface area (Å²) in [6.45, 7) is 9.75. The summed E-state index contributed by atoms with van der Waals surface area (Å²) < 4.78 is 12.3. The number of nitrogens with one attached hydrogen (secondary N) is 2. The van der Waals surface area contributed by atoms with Crippen molar-refractivity contribution in [2.75, 3.05) is 6.54 Å². The maximum atomic E-state index is 11.9. The molecule has 1 amide bonds. The topological polar surface area (TPSA) is 80.4 Å². The van der Waals surface area contributed by atoms with Gasteiger partial charge < -0.3 is 19.6 Å². The van der Waals surface area contributed by atoms with Crippen LogP contribution in [0.3, 0.4) is 0 Å². The lowest BCUT2D eigenvalue weighted by Gasteiger charge is -2.32. The third-order valence-electron chi connectivity index (χ3n) is 5.23. The van der Waals surface area contributed by atoms with Crippen molar-refractivity contribution in [3.05, 3.63) is 51.7 Å². The fourth-order valence-electron chi connectivity index (χ4n) is 2.92. The number of hydrogen-bond donors (Lipinski definition) is 2. The van der Waals surface area contributed by atoms with Crippen LogP contribution in [0.15, 0.2) is 40.7 Å². The summed E-state index contributed by atoms with van der Waals surface area (Å²) >= 11 is 0. The third kappa shape index (κ3) is 3.99. The summed E-state index contributed by atoms with van der Waals surface area (Å²) in [5.74, 6) is -0.125. The Hall–Kier alpha value is -2.38. The second-order valence-electron chi connectivity index (χ2n) is 7.86. The molecule has 7 heteroatoms. The van der Waals surface area contributed by atoms with Crippen molar-refractivity contribution in [2.24, 2.45) is 0 Å². The van der Waals surface area contributed by atoms with E-state index in [4.69, 9.17) is 9.31 Å². The van der Waals surface area contributed by atoms with Crippen LogP contribution in [0.1, 0.15) is 40.2 Å². The Morgan fingerprint density at radius 1 is 1.19 bits per heavy atom. The normalized spacial score (nSPS) is 18.7. The van der Waals surface area contributed by atoms with Gasteiger partial charge in [0.25, 0.3) is 0 Å². The molecule has 1 aromatic carbocycles. The molecule has 1 saturated heterocycles. The molecule has 6 nitrogen and oxygen atoms in total. The first kappa shape index (κ1) is 19.4. The third-order valence-corrected chi connectivity index (χ3v) is 5.23. The van der Waals surface area contributed by atoms with Crippen LogP contribution < -0.4 is 10.7 Å². The van der Waals surface area contributed by atoms with Crippen LogP contribution in [0, 0.1) is 0 Å². The molecule has 27 heavy (non-hydrogen) atoms. The number of H-pyrrole nitrogens is 1. The molecule has 2 aromatic rings. The average molecular weight is 368 g/mol. The van der Waals surface area contributed by atoms with Gasteiger partial charge in [-0.3, -0.25) is 9.59 Å². The number of pyridine rings is 1. The Morgan fingerprint density at radius 3 is 2.48 bits per heavy atom. The van der Waals surface area contributed by atoms with Gasteiger partial charge in [0, 0.05) is 36.6 Å². The van der Waals surface area contributed by atoms with Crippen molar-refractivity contribution in [3.63, 3.8) is 0 Å². The van der Waals surface area contributed by atoms with E-state index in [-0.39, 0.29) is 11.3 Å². The smallest absolute Gasteiger partial charge is 0.400 e. The molecule has 3 rings (SSSR count). The van der Waals surface area contributed by atoms with Crippen LogP contribution >= 0.6 is 0 Å². The minimum Gasteiger partial charge on any atom is -0.400 e. The van der Waals surface area contributed by atoms with E-state index in [1.165, 1.54) is 13.0 Å². The highest BCUT2D eigenvalue weighted by Gasteiger charge is 2.52. The van der Waals surface area contributed by atoms with Crippen LogP contribution in [0.25, 0.3) is 17.0 Å². The van der Waals surface area contributed by atoms with Gasteiger partial charge in [0.1, 0.15) is 0 Å². The lowest BCUT2D eigenvalue weighted by Crippen LogP contribution is -2.41. The van der Waals surface area contributed by atoms with Gasteiger partial charge in [-0.1, -0.05) is 12.1 Å². The highest BCUT2D eigenvalue weighted by molar-refractivity contribution is 6.56. The zero-order valence-corrected chi connectivity index (χ0v) is 16.4. The Bertz CT molecular complexity index is 946. The largest absolute Gasteiger partial charge is 0.492 e. The van der Waals surface area contributed by atoms with Crippen LogP contribution in [0.4, 0.5) is 0 Å². The Morgan fingerprint density at radius 2 is 1.85 bits per heavy atom. The van der Waals surface area contributed by atoms with Gasteiger partial charge in [0.05, 0.1) is 11.2 Å². The first-order chi connectivity index (χ1) is 12.6. The van der Waals surface area contributed by atoms with Gasteiger partial charge in [0.15, 0.2) is 5.43 Å². The SMILES string of the molecule is CC(=O)NCC(=Cc1ccc2c(=O)cc[nH]c2c1)B1OC(C)(C)C(C)(C)O1. The van der Waals surface area contributed by atoms with Gasteiger partial charge in [-0.25, -0.2) is 0 Å². The summed E-state index contributed by atoms with van der Waals surface area (Å²) in [6, 6.07) is 7.07. The van der Waals surface area contributed by atoms with Gasteiger partial charge in [-0.2, -0.15) is 0 Å². The van der Waals surface area contributed by atoms with E-state index in [9.17, 15) is 9.59 Å². The van der Waals surface area contributed by atoms with Crippen molar-refractivity contribution in [3.8, 4) is 0 Å². The van der Waals surface area contributed by atoms with Crippen molar-refractivity contribution in [2.45, 2.75) is 45.8 Å². The number of aromatic amines is 1. The molecule has 0 unspecified atom stereocenters. The minimum absolute atomic E-state index is 0.0243. The number of fused-ring (bicyclic) bond motifs is 1. The van der Waals surface area contributed by atoms with Crippen molar-refractivity contribution >= 4 is 30.0 Å². The molecule has 1 aliphatic heterocycles. The molecule has 1 fully saturated rings. The molecule has 0 radical (unpaired) electrons. The van der Waals surface area contributed by atoms with E-state index >= 15 is 0 Å². The summed E-state index contributed by atoms with van der Waals surface area (Å²) in [4.78, 5) is 26.4. The standard InChI is InChI=1S/C20H25BN2O4/c1-13(24)23-12-15(21-26-19(2,3)20(4,5)27-21)10-14-6-7-16-17(11-14)22-9-8-18(16)25/h6-11H,12H2,1-5H3,(H,22,25)(H,23,24). The molecule has 2 heterocycles. The van der Waals surface area contributed by atoms with E-state index in [0.717, 1.165) is 16.6 Å². The predicted octanol–water partition coefficient (Wildman–Crippen LogP) is 2.68. The Labute approximate surface area is 159 Å². The van der Waals surface area contributed by atoms with Crippen LogP contribution in [0.5, 0.6) is 0 Å². The lowest BCUT2D eigenvalue weighted by atomic mass is 9.77. The van der Waals surface area contributed by atoms with Gasteiger partial charge in [0.2, 0.25) is 5.91 Å². The van der Waals surface area contributed by atoms with Crippen LogP contribution in [0.2, 0.25) is 0 Å². The number of hydrogen-bond acceptors (Lipinski definition) is 4. The Balaban J connectivity index is 1.98. The number of aromatic nitrogens is 1. The first-order valence-electron chi connectivity index (χ1n) is 9.01. The van der Waals surface area contributed by atoms with Gasteiger partial charge >= 0.3 is 7.12 Å². The van der Waals surface area contributed by atoms with Gasteiger partial charge in [-0.05, 0) is 50.9 Å². The molecular formula is C20H25BN2O4. The van der Waals surface area contributed by atoms with E-state index < -0.39 is 18.3 Å². The first-order valence-corrected chi connectivity index (χ1v) is 9.01. The number of carbonyl (C=O) groups is 1. The zero-order chi connectivity index (χ0) is 19.8. The number of rotatable bonds is 4. The predicted molar refractivity (Wildman–Crippen MR) is 107 cm³/mol. The van der Waals surface area contributed by atoms with Gasteiger partial charge in [-0.15, -0.1) is 0 Å². The summed E-state index contributed by atoms with van der Waals surface area (Å²) in [7, 11) is -0.563. The van der Waals surface area contributed by atoms with Crippen molar-refractivity contribution in [1.29, 1.82) is 0 Å². The van der Waals surface area contributed by atoms with E-state index in [1.54, 1.807) is 12.3 Å². The molecule has 1 aromatic heterocycles. The van der Waals surface area contributed by atoms with Crippen molar-refractivity contribution < 1.29 is 14.1 Å². The summed E-state index contributed by atoms with van der Waals surface area (Å²) in [5, 5.41) is 3.45. The second kappa shape index (κ2) is 6.98. The number of amides is 1. The Kier molecular flexibility index (Phi) is 5.01. The zero-order valence-electron chi connectivity index (χ0n) is 16.4. The van der Waals surface area contributed by atoms with E-state index in [2.05, 4.69) is 10.3 Å². The molecule has 142 valence electrons. The maximum absolute atomic E-state index is 11.9. The highest BCUT2D eigenvalue weighted by atomic mass is 16.7. The molecular weight excluding hydrogens is 343 g/mol. The maximum Gasteiger partial charge on any atom is 0.492 e. The molecule has 0 spiro atoms. The molecule has 0 bridgehead atoms. The highest BCUT2D eigenvalue weighted by Crippen LogP contribution is 2.38. The average Bonchev–Trinajstić information content (AvgIpc) is 2.79. The monoisotopic (exact) mass is 368 g/mol. The number of carbonyl (C=O) groups excluding carboxylic acids is 1. The van der Waals surface area contributed by atoms with E-state index in [0.29, 0.717) is 11.9 Å². The van der Waals surface area contributed by atoms with Crippen LogP contribution in [-0.4, -0.2) is 35.8 Å². The summed E-state index contributed by atoms with van der Waals surface area (Å²) in [5.41, 5.74) is 1.48. The fourth-order valence-corrected chi connectivity index (χ4v) is 2.92. The molecule has 0 saturated carbocycles. The fraction of sp³-hybridized carbons (Fsp3) is 0.400. The molecule has 0 aliphatic carbocycles. The molecule has 2 N–H and O–H groups in total. The lowest BCUT2D eigenvalue weighted by molar-refractivity contribution is -0.118. The number of benzene rings is 1. The van der Waals surface area contributed by atoms with Crippen molar-refractivity contribution in [1.82, 2.24) is 10.3 Å². The van der Waals surface area contributed by atoms with Crippen LogP contribution in [-0.2, 0) is 14.1 Å². The quantitative estimate of drug-likeness (QED) is 0.814. The molecule has 0 atom stereocenters. The molecule has 1 aliphatic rings. The second-order valence-corrected chi connectivity index (χ2v) is 7.86. The summed E-state index contributed by atoms with van der Waals surface area (Å²) in [6.07, 6.45) is 3.56. The van der Waals surface area contributed by atoms with E-state index in [1.807, 2.05) is 45.9 Å².